The predicted molar refractivity (Wildman–Crippen MR) is 117 cm³/mol. The molecule has 5 rings (SSSR count). The van der Waals surface area contributed by atoms with E-state index in [4.69, 9.17) is 5.73 Å². The summed E-state index contributed by atoms with van der Waals surface area (Å²) in [6.07, 6.45) is 3.80. The zero-order valence-electron chi connectivity index (χ0n) is 16.8. The summed E-state index contributed by atoms with van der Waals surface area (Å²) in [6.45, 7) is 0.617. The van der Waals surface area contributed by atoms with Gasteiger partial charge in [0.05, 0.1) is 12.3 Å². The Labute approximate surface area is 181 Å². The monoisotopic (exact) mass is 438 g/mol. The second kappa shape index (κ2) is 7.84. The minimum Gasteiger partial charge on any atom is -0.384 e. The molecule has 0 aliphatic heterocycles. The molecule has 1 aromatic carbocycles. The number of hydrogen-bond acceptors (Lipinski definition) is 7. The lowest BCUT2D eigenvalue weighted by molar-refractivity contribution is 0.102. The Kier molecular flexibility index (Phi) is 5.01. The van der Waals surface area contributed by atoms with E-state index in [1.807, 2.05) is 34.9 Å². The summed E-state index contributed by atoms with van der Waals surface area (Å²) < 4.78 is 3.37. The summed E-state index contributed by atoms with van der Waals surface area (Å²) in [5.41, 5.74) is 5.72. The molecule has 0 bridgehead atoms. The zero-order valence-corrected chi connectivity index (χ0v) is 17.6. The number of hydrogen-bond donors (Lipinski definition) is 2. The van der Waals surface area contributed by atoms with Crippen molar-refractivity contribution in [2.75, 3.05) is 11.5 Å². The van der Waals surface area contributed by atoms with Crippen LogP contribution in [-0.2, 0) is 6.54 Å². The van der Waals surface area contributed by atoms with Gasteiger partial charge in [-0.05, 0) is 31.2 Å². The molecule has 2 aromatic heterocycles. The standard InChI is InChI=1S/C21H22N6O3S/c22-17-16(19(29)23-20(30)27(17)14-8-9-14)15(28)11-31-21-25-24-18(13-6-7-13)26(21)10-12-4-2-1-3-5-12/h1-5,13-14H,6-11,22H2,(H,23,29,30). The highest BCUT2D eigenvalue weighted by Gasteiger charge is 2.32. The van der Waals surface area contributed by atoms with Gasteiger partial charge >= 0.3 is 5.69 Å². The van der Waals surface area contributed by atoms with Gasteiger partial charge in [-0.2, -0.15) is 0 Å². The minimum atomic E-state index is -0.741. The first-order valence-corrected chi connectivity index (χ1v) is 11.3. The van der Waals surface area contributed by atoms with Crippen molar-refractivity contribution in [2.24, 2.45) is 0 Å². The number of aromatic nitrogens is 5. The first kappa shape index (κ1) is 19.8. The Morgan fingerprint density at radius 2 is 1.87 bits per heavy atom. The third kappa shape index (κ3) is 3.95. The topological polar surface area (TPSA) is 129 Å². The average Bonchev–Trinajstić information content (AvgIpc) is 3.67. The average molecular weight is 439 g/mol. The van der Waals surface area contributed by atoms with Gasteiger partial charge in [-0.1, -0.05) is 42.1 Å². The first-order valence-electron chi connectivity index (χ1n) is 10.3. The molecule has 0 radical (unpaired) electrons. The van der Waals surface area contributed by atoms with Crippen LogP contribution >= 0.6 is 11.8 Å². The number of ketones is 1. The van der Waals surface area contributed by atoms with Crippen molar-refractivity contribution >= 4 is 23.4 Å². The van der Waals surface area contributed by atoms with Crippen molar-refractivity contribution in [1.82, 2.24) is 24.3 Å². The van der Waals surface area contributed by atoms with E-state index >= 15 is 0 Å². The molecule has 160 valence electrons. The van der Waals surface area contributed by atoms with Gasteiger partial charge in [0, 0.05) is 12.0 Å². The van der Waals surface area contributed by atoms with Crippen molar-refractivity contribution in [2.45, 2.75) is 49.3 Å². The smallest absolute Gasteiger partial charge is 0.330 e. The maximum atomic E-state index is 12.9. The highest BCUT2D eigenvalue weighted by molar-refractivity contribution is 7.99. The molecule has 2 aliphatic rings. The van der Waals surface area contributed by atoms with Crippen molar-refractivity contribution in [3.8, 4) is 0 Å². The minimum absolute atomic E-state index is 0.0201. The number of benzene rings is 1. The molecule has 9 nitrogen and oxygen atoms in total. The second-order valence-electron chi connectivity index (χ2n) is 8.02. The van der Waals surface area contributed by atoms with Crippen LogP contribution in [0.1, 0.15) is 59.4 Å². The molecule has 0 unspecified atom stereocenters. The Balaban J connectivity index is 1.39. The molecule has 2 aliphatic carbocycles. The third-order valence-corrected chi connectivity index (χ3v) is 6.54. The van der Waals surface area contributed by atoms with E-state index in [9.17, 15) is 14.4 Å². The number of rotatable bonds is 8. The molecule has 0 atom stereocenters. The van der Waals surface area contributed by atoms with Crippen molar-refractivity contribution in [1.29, 1.82) is 0 Å². The normalized spacial score (nSPS) is 15.9. The molecular formula is C21H22N6O3S. The van der Waals surface area contributed by atoms with Gasteiger partial charge < -0.3 is 10.3 Å². The van der Waals surface area contributed by atoms with Crippen molar-refractivity contribution in [3.05, 3.63) is 68.1 Å². The number of aromatic amines is 1. The molecule has 31 heavy (non-hydrogen) atoms. The lowest BCUT2D eigenvalue weighted by Gasteiger charge is -2.12. The van der Waals surface area contributed by atoms with Gasteiger partial charge in [-0.3, -0.25) is 19.1 Å². The van der Waals surface area contributed by atoms with Gasteiger partial charge in [-0.25, -0.2) is 4.79 Å². The maximum Gasteiger partial charge on any atom is 0.330 e. The van der Waals surface area contributed by atoms with Crippen LogP contribution in [0.3, 0.4) is 0 Å². The number of anilines is 1. The summed E-state index contributed by atoms with van der Waals surface area (Å²) in [4.78, 5) is 39.5. The van der Waals surface area contributed by atoms with E-state index < -0.39 is 17.0 Å². The summed E-state index contributed by atoms with van der Waals surface area (Å²) >= 11 is 1.23. The zero-order chi connectivity index (χ0) is 21.5. The molecular weight excluding hydrogens is 416 g/mol. The maximum absolute atomic E-state index is 12.9. The number of H-pyrrole nitrogens is 1. The predicted octanol–water partition coefficient (Wildman–Crippen LogP) is 1.95. The SMILES string of the molecule is Nc1c(C(=O)CSc2nnc(C3CC3)n2Cc2ccccc2)c(=O)[nH]c(=O)n1C1CC1. The fourth-order valence-electron chi connectivity index (χ4n) is 3.70. The largest absolute Gasteiger partial charge is 0.384 e. The molecule has 0 amide bonds. The van der Waals surface area contributed by atoms with E-state index in [1.165, 1.54) is 16.3 Å². The van der Waals surface area contributed by atoms with Crippen molar-refractivity contribution < 1.29 is 4.79 Å². The van der Waals surface area contributed by atoms with E-state index in [2.05, 4.69) is 15.2 Å². The highest BCUT2D eigenvalue weighted by atomic mass is 32.2. The molecule has 10 heteroatoms. The van der Waals surface area contributed by atoms with Gasteiger partial charge in [0.1, 0.15) is 17.2 Å². The lowest BCUT2D eigenvalue weighted by Crippen LogP contribution is -2.36. The van der Waals surface area contributed by atoms with Crippen molar-refractivity contribution in [3.63, 3.8) is 0 Å². The van der Waals surface area contributed by atoms with Gasteiger partial charge in [0.25, 0.3) is 5.56 Å². The Morgan fingerprint density at radius 3 is 2.55 bits per heavy atom. The number of nitrogens with two attached hydrogens (primary N) is 1. The van der Waals surface area contributed by atoms with E-state index in [0.717, 1.165) is 37.1 Å². The van der Waals surface area contributed by atoms with Crippen LogP contribution < -0.4 is 17.0 Å². The Bertz CT molecular complexity index is 1250. The Morgan fingerprint density at radius 1 is 1.13 bits per heavy atom. The molecule has 0 spiro atoms. The summed E-state index contributed by atoms with van der Waals surface area (Å²) in [5, 5.41) is 9.29. The fraction of sp³-hybridized carbons (Fsp3) is 0.381. The highest BCUT2D eigenvalue weighted by Crippen LogP contribution is 2.40. The first-order chi connectivity index (χ1) is 15.0. The Hall–Kier alpha value is -3.14. The van der Waals surface area contributed by atoms with Crippen LogP contribution in [0.4, 0.5) is 5.82 Å². The van der Waals surface area contributed by atoms with E-state index in [0.29, 0.717) is 17.6 Å². The fourth-order valence-corrected chi connectivity index (χ4v) is 4.51. The molecule has 0 saturated heterocycles. The van der Waals surface area contributed by atoms with Crippen LogP contribution in [0, 0.1) is 0 Å². The van der Waals surface area contributed by atoms with Crippen LogP contribution in [-0.4, -0.2) is 35.9 Å². The second-order valence-corrected chi connectivity index (χ2v) is 8.96. The van der Waals surface area contributed by atoms with Crippen LogP contribution in [0.2, 0.25) is 0 Å². The van der Waals surface area contributed by atoms with Crippen LogP contribution in [0.25, 0.3) is 0 Å². The molecule has 2 fully saturated rings. The third-order valence-electron chi connectivity index (χ3n) is 5.58. The molecule has 2 heterocycles. The van der Waals surface area contributed by atoms with Gasteiger partial charge in [-0.15, -0.1) is 10.2 Å². The van der Waals surface area contributed by atoms with Crippen LogP contribution in [0.5, 0.6) is 0 Å². The van der Waals surface area contributed by atoms with E-state index in [1.54, 1.807) is 0 Å². The number of carbonyl (C=O) groups is 1. The van der Waals surface area contributed by atoms with E-state index in [-0.39, 0.29) is 23.2 Å². The number of nitrogens with one attached hydrogen (secondary N) is 1. The number of nitrogen functional groups attached to an aromatic ring is 1. The molecule has 2 saturated carbocycles. The number of nitrogens with zero attached hydrogens (tertiary/aromatic N) is 4. The number of Topliss-reactive ketones (excluding diaryl/α,β-unsaturated/α-hetero) is 1. The lowest BCUT2D eigenvalue weighted by atomic mass is 10.2. The summed E-state index contributed by atoms with van der Waals surface area (Å²) in [7, 11) is 0. The van der Waals surface area contributed by atoms with Crippen LogP contribution in [0.15, 0.2) is 45.1 Å². The molecule has 3 N–H and O–H groups in total. The summed E-state index contributed by atoms with van der Waals surface area (Å²) in [6, 6.07) is 9.97. The number of carbonyl (C=O) groups excluding carboxylic acids is 1. The number of thioether (sulfide) groups is 1. The van der Waals surface area contributed by atoms with Gasteiger partial charge in [0.2, 0.25) is 0 Å². The van der Waals surface area contributed by atoms with Gasteiger partial charge in [0.15, 0.2) is 10.9 Å². The summed E-state index contributed by atoms with van der Waals surface area (Å²) in [5.74, 6) is 0.834. The quantitative estimate of drug-likeness (QED) is 0.406. The molecule has 3 aromatic rings.